The predicted octanol–water partition coefficient (Wildman–Crippen LogP) is 5.63. The number of nitro benzene ring substituents is 1. The van der Waals surface area contributed by atoms with E-state index in [-0.39, 0.29) is 24.7 Å². The fourth-order valence-electron chi connectivity index (χ4n) is 2.68. The summed E-state index contributed by atoms with van der Waals surface area (Å²) in [5, 5.41) is 14.7. The van der Waals surface area contributed by atoms with Gasteiger partial charge in [-0.3, -0.25) is 10.1 Å². The molecule has 0 amide bonds. The summed E-state index contributed by atoms with van der Waals surface area (Å²) in [7, 11) is 1.51. The molecule has 0 aromatic heterocycles. The van der Waals surface area contributed by atoms with Crippen molar-refractivity contribution >= 4 is 27.8 Å². The lowest BCUT2D eigenvalue weighted by Crippen LogP contribution is -1.99. The van der Waals surface area contributed by atoms with E-state index in [9.17, 15) is 14.5 Å². The molecule has 0 fully saturated rings. The van der Waals surface area contributed by atoms with Crippen LogP contribution in [0.3, 0.4) is 0 Å². The fraction of sp³-hybridized carbons (Fsp3) is 0.136. The SMILES string of the molecule is COc1cc(/C=N\OCc2cccc([N+](=O)[O-])c2)c(Br)cc1OCc1cccc(F)c1. The highest BCUT2D eigenvalue weighted by Crippen LogP contribution is 2.33. The summed E-state index contributed by atoms with van der Waals surface area (Å²) in [4.78, 5) is 15.6. The van der Waals surface area contributed by atoms with Gasteiger partial charge >= 0.3 is 0 Å². The number of halogens is 2. The highest BCUT2D eigenvalue weighted by atomic mass is 79.9. The third kappa shape index (κ3) is 6.26. The number of hydrogen-bond acceptors (Lipinski definition) is 6. The van der Waals surface area contributed by atoms with Crippen molar-refractivity contribution in [3.63, 3.8) is 0 Å². The van der Waals surface area contributed by atoms with Crippen LogP contribution in [0.5, 0.6) is 11.5 Å². The fourth-order valence-corrected chi connectivity index (χ4v) is 3.10. The third-order valence-electron chi connectivity index (χ3n) is 4.19. The van der Waals surface area contributed by atoms with Crippen LogP contribution < -0.4 is 9.47 Å². The van der Waals surface area contributed by atoms with Gasteiger partial charge in [-0.15, -0.1) is 0 Å². The highest BCUT2D eigenvalue weighted by molar-refractivity contribution is 9.10. The Hall–Kier alpha value is -3.46. The zero-order valence-corrected chi connectivity index (χ0v) is 18.0. The number of rotatable bonds is 9. The van der Waals surface area contributed by atoms with Crippen molar-refractivity contribution < 1.29 is 23.6 Å². The lowest BCUT2D eigenvalue weighted by molar-refractivity contribution is -0.384. The molecule has 160 valence electrons. The van der Waals surface area contributed by atoms with Crippen molar-refractivity contribution in [1.29, 1.82) is 0 Å². The molecule has 0 aliphatic carbocycles. The number of non-ortho nitro benzene ring substituents is 1. The molecule has 7 nitrogen and oxygen atoms in total. The Morgan fingerprint density at radius 3 is 2.52 bits per heavy atom. The maximum Gasteiger partial charge on any atom is 0.269 e. The summed E-state index contributed by atoms with van der Waals surface area (Å²) in [6.45, 7) is 0.266. The minimum Gasteiger partial charge on any atom is -0.493 e. The number of methoxy groups -OCH3 is 1. The van der Waals surface area contributed by atoms with E-state index in [1.807, 2.05) is 0 Å². The molecule has 3 aromatic rings. The molecule has 0 unspecified atom stereocenters. The topological polar surface area (TPSA) is 83.2 Å². The zero-order valence-electron chi connectivity index (χ0n) is 16.5. The Morgan fingerprint density at radius 1 is 1.06 bits per heavy atom. The van der Waals surface area contributed by atoms with Crippen molar-refractivity contribution in [2.24, 2.45) is 5.16 Å². The van der Waals surface area contributed by atoms with Gasteiger partial charge in [-0.25, -0.2) is 4.39 Å². The molecule has 0 saturated carbocycles. The molecule has 31 heavy (non-hydrogen) atoms. The van der Waals surface area contributed by atoms with Crippen LogP contribution in [0.2, 0.25) is 0 Å². The maximum absolute atomic E-state index is 13.3. The van der Waals surface area contributed by atoms with Gasteiger partial charge in [0, 0.05) is 22.2 Å². The van der Waals surface area contributed by atoms with Crippen LogP contribution >= 0.6 is 15.9 Å². The number of ether oxygens (including phenoxy) is 2. The molecule has 0 bridgehead atoms. The van der Waals surface area contributed by atoms with Crippen LogP contribution in [-0.2, 0) is 18.1 Å². The first-order chi connectivity index (χ1) is 15.0. The van der Waals surface area contributed by atoms with E-state index in [1.165, 1.54) is 37.6 Å². The first kappa shape index (κ1) is 22.2. The quantitative estimate of drug-likeness (QED) is 0.221. The third-order valence-corrected chi connectivity index (χ3v) is 4.87. The molecular weight excluding hydrogens is 471 g/mol. The summed E-state index contributed by atoms with van der Waals surface area (Å²) >= 11 is 3.45. The van der Waals surface area contributed by atoms with Crippen molar-refractivity contribution in [2.75, 3.05) is 7.11 Å². The Balaban J connectivity index is 1.65. The van der Waals surface area contributed by atoms with E-state index in [1.54, 1.807) is 36.4 Å². The number of nitro groups is 1. The molecule has 3 aromatic carbocycles. The van der Waals surface area contributed by atoms with Crippen LogP contribution in [0.4, 0.5) is 10.1 Å². The normalized spacial score (nSPS) is 10.8. The molecule has 0 radical (unpaired) electrons. The van der Waals surface area contributed by atoms with Gasteiger partial charge < -0.3 is 14.3 Å². The van der Waals surface area contributed by atoms with Gasteiger partial charge in [0.25, 0.3) is 5.69 Å². The number of nitrogens with zero attached hydrogens (tertiary/aromatic N) is 2. The first-order valence-corrected chi connectivity index (χ1v) is 9.89. The van der Waals surface area contributed by atoms with Gasteiger partial charge in [-0.05, 0) is 51.3 Å². The minimum atomic E-state index is -0.464. The van der Waals surface area contributed by atoms with Gasteiger partial charge in [0.2, 0.25) is 0 Å². The minimum absolute atomic E-state index is 0.00797. The standard InChI is InChI=1S/C22H18BrFN2O5/c1-29-21-10-17(12-25-31-14-16-5-3-7-19(9-16)26(27)28)20(23)11-22(21)30-13-15-4-2-6-18(24)8-15/h2-12H,13-14H2,1H3/b25-12-. The second-order valence-corrected chi connectivity index (χ2v) is 7.23. The molecule has 3 rings (SSSR count). The molecule has 0 spiro atoms. The Labute approximate surface area is 186 Å². The number of benzene rings is 3. The highest BCUT2D eigenvalue weighted by Gasteiger charge is 2.10. The monoisotopic (exact) mass is 488 g/mol. The van der Waals surface area contributed by atoms with E-state index >= 15 is 0 Å². The van der Waals surface area contributed by atoms with Crippen molar-refractivity contribution in [3.8, 4) is 11.5 Å². The number of oxime groups is 1. The van der Waals surface area contributed by atoms with Gasteiger partial charge in [0.15, 0.2) is 11.5 Å². The van der Waals surface area contributed by atoms with Crippen LogP contribution in [0.25, 0.3) is 0 Å². The predicted molar refractivity (Wildman–Crippen MR) is 117 cm³/mol. The lowest BCUT2D eigenvalue weighted by Gasteiger charge is -2.12. The smallest absolute Gasteiger partial charge is 0.269 e. The Kier molecular flexibility index (Phi) is 7.55. The van der Waals surface area contributed by atoms with Gasteiger partial charge in [0.1, 0.15) is 19.0 Å². The van der Waals surface area contributed by atoms with E-state index in [0.29, 0.717) is 32.7 Å². The summed E-state index contributed by atoms with van der Waals surface area (Å²) < 4.78 is 25.2. The van der Waals surface area contributed by atoms with E-state index in [0.717, 1.165) is 0 Å². The molecular formula is C22H18BrFN2O5. The van der Waals surface area contributed by atoms with Crippen LogP contribution in [0.15, 0.2) is 70.3 Å². The summed E-state index contributed by atoms with van der Waals surface area (Å²) in [6.07, 6.45) is 1.49. The number of hydrogen-bond donors (Lipinski definition) is 0. The average molecular weight is 489 g/mol. The first-order valence-electron chi connectivity index (χ1n) is 9.09. The largest absolute Gasteiger partial charge is 0.493 e. The average Bonchev–Trinajstić information content (AvgIpc) is 2.76. The molecule has 0 saturated heterocycles. The van der Waals surface area contributed by atoms with Crippen molar-refractivity contribution in [3.05, 3.63) is 97.8 Å². The Bertz CT molecular complexity index is 1110. The van der Waals surface area contributed by atoms with Crippen molar-refractivity contribution in [2.45, 2.75) is 13.2 Å². The Morgan fingerprint density at radius 2 is 1.81 bits per heavy atom. The summed E-state index contributed by atoms with van der Waals surface area (Å²) in [5.41, 5.74) is 1.99. The molecule has 0 heterocycles. The molecule has 0 atom stereocenters. The molecule has 9 heteroatoms. The lowest BCUT2D eigenvalue weighted by atomic mass is 10.2. The van der Waals surface area contributed by atoms with E-state index in [4.69, 9.17) is 14.3 Å². The second kappa shape index (κ2) is 10.5. The summed E-state index contributed by atoms with van der Waals surface area (Å²) in [5.74, 6) is 0.624. The maximum atomic E-state index is 13.3. The van der Waals surface area contributed by atoms with E-state index < -0.39 is 4.92 Å². The molecule has 0 aliphatic rings. The van der Waals surface area contributed by atoms with Crippen molar-refractivity contribution in [1.82, 2.24) is 0 Å². The van der Waals surface area contributed by atoms with Gasteiger partial charge in [-0.1, -0.05) is 29.4 Å². The van der Waals surface area contributed by atoms with Crippen LogP contribution in [0, 0.1) is 15.9 Å². The van der Waals surface area contributed by atoms with Gasteiger partial charge in [0.05, 0.1) is 18.2 Å². The van der Waals surface area contributed by atoms with Crippen LogP contribution in [0.1, 0.15) is 16.7 Å². The van der Waals surface area contributed by atoms with E-state index in [2.05, 4.69) is 21.1 Å². The van der Waals surface area contributed by atoms with Crippen LogP contribution in [-0.4, -0.2) is 18.2 Å². The molecule has 0 aliphatic heterocycles. The van der Waals surface area contributed by atoms with Gasteiger partial charge in [-0.2, -0.15) is 0 Å². The summed E-state index contributed by atoms with van der Waals surface area (Å²) in [6, 6.07) is 15.7. The second-order valence-electron chi connectivity index (χ2n) is 6.38. The zero-order chi connectivity index (χ0) is 22.2. The molecule has 0 N–H and O–H groups in total.